The molecule has 1 unspecified atom stereocenters. The molecule has 1 saturated heterocycles. The third-order valence-electron chi connectivity index (χ3n) is 5.46. The zero-order valence-electron chi connectivity index (χ0n) is 13.4. The maximum Gasteiger partial charge on any atom is 0.0306 e. The van der Waals surface area contributed by atoms with Crippen molar-refractivity contribution in [3.05, 3.63) is 0 Å². The molecule has 0 bridgehead atoms. The molecule has 0 aromatic heterocycles. The van der Waals surface area contributed by atoms with E-state index in [-0.39, 0.29) is 0 Å². The van der Waals surface area contributed by atoms with Gasteiger partial charge in [-0.15, -0.1) is 0 Å². The highest BCUT2D eigenvalue weighted by atomic mass is 15.2. The van der Waals surface area contributed by atoms with E-state index < -0.39 is 0 Å². The standard InChI is InChI=1S/C17H34N2/c1-4-11-18-16(14-15-9-5-6-10-15)17(2,3)19-12-7-8-13-19/h15-16,18H,4-14H2,1-3H3. The third kappa shape index (κ3) is 3.95. The Hall–Kier alpha value is -0.0800. The largest absolute Gasteiger partial charge is 0.312 e. The van der Waals surface area contributed by atoms with Crippen LogP contribution in [-0.4, -0.2) is 36.1 Å². The summed E-state index contributed by atoms with van der Waals surface area (Å²) < 4.78 is 0. The van der Waals surface area contributed by atoms with Crippen molar-refractivity contribution in [3.8, 4) is 0 Å². The molecule has 0 radical (unpaired) electrons. The molecule has 112 valence electrons. The Morgan fingerprint density at radius 2 is 1.74 bits per heavy atom. The Morgan fingerprint density at radius 3 is 2.32 bits per heavy atom. The summed E-state index contributed by atoms with van der Waals surface area (Å²) >= 11 is 0. The van der Waals surface area contributed by atoms with Gasteiger partial charge in [-0.05, 0) is 65.1 Å². The fourth-order valence-corrected chi connectivity index (χ4v) is 4.03. The lowest BCUT2D eigenvalue weighted by Crippen LogP contribution is -2.57. The Kier molecular flexibility index (Phi) is 5.70. The van der Waals surface area contributed by atoms with Gasteiger partial charge in [-0.1, -0.05) is 32.6 Å². The fraction of sp³-hybridized carbons (Fsp3) is 1.00. The highest BCUT2D eigenvalue weighted by Crippen LogP contribution is 2.33. The van der Waals surface area contributed by atoms with Crippen LogP contribution in [0.1, 0.15) is 72.1 Å². The molecule has 2 nitrogen and oxygen atoms in total. The Labute approximate surface area is 120 Å². The summed E-state index contributed by atoms with van der Waals surface area (Å²) in [7, 11) is 0. The lowest BCUT2D eigenvalue weighted by molar-refractivity contribution is 0.0939. The molecule has 1 heterocycles. The van der Waals surface area contributed by atoms with E-state index in [1.807, 2.05) is 0 Å². The molecule has 1 saturated carbocycles. The quantitative estimate of drug-likeness (QED) is 0.754. The van der Waals surface area contributed by atoms with Crippen LogP contribution in [0.5, 0.6) is 0 Å². The lowest BCUT2D eigenvalue weighted by Gasteiger charge is -2.43. The van der Waals surface area contributed by atoms with Gasteiger partial charge >= 0.3 is 0 Å². The molecule has 2 rings (SSSR count). The van der Waals surface area contributed by atoms with Crippen LogP contribution in [0.2, 0.25) is 0 Å². The minimum Gasteiger partial charge on any atom is -0.312 e. The smallest absolute Gasteiger partial charge is 0.0306 e. The molecule has 1 aliphatic carbocycles. The molecular weight excluding hydrogens is 232 g/mol. The molecule has 2 heteroatoms. The molecule has 2 fully saturated rings. The molecule has 1 N–H and O–H groups in total. The third-order valence-corrected chi connectivity index (χ3v) is 5.46. The summed E-state index contributed by atoms with van der Waals surface area (Å²) in [6.07, 6.45) is 11.3. The van der Waals surface area contributed by atoms with Gasteiger partial charge in [0.2, 0.25) is 0 Å². The van der Waals surface area contributed by atoms with Gasteiger partial charge in [0.05, 0.1) is 0 Å². The second kappa shape index (κ2) is 7.08. The predicted molar refractivity (Wildman–Crippen MR) is 83.5 cm³/mol. The van der Waals surface area contributed by atoms with E-state index in [9.17, 15) is 0 Å². The number of likely N-dealkylation sites (tertiary alicyclic amines) is 1. The topological polar surface area (TPSA) is 15.3 Å². The van der Waals surface area contributed by atoms with Crippen LogP contribution in [-0.2, 0) is 0 Å². The van der Waals surface area contributed by atoms with Gasteiger partial charge < -0.3 is 5.32 Å². The Morgan fingerprint density at radius 1 is 1.11 bits per heavy atom. The summed E-state index contributed by atoms with van der Waals surface area (Å²) in [5.74, 6) is 0.983. The van der Waals surface area contributed by atoms with E-state index in [0.29, 0.717) is 11.6 Å². The van der Waals surface area contributed by atoms with Crippen molar-refractivity contribution in [2.45, 2.75) is 83.7 Å². The summed E-state index contributed by atoms with van der Waals surface area (Å²) in [6.45, 7) is 11.0. The van der Waals surface area contributed by atoms with Crippen LogP contribution in [0.25, 0.3) is 0 Å². The molecular formula is C17H34N2. The van der Waals surface area contributed by atoms with Gasteiger partial charge in [0.25, 0.3) is 0 Å². The lowest BCUT2D eigenvalue weighted by atomic mass is 9.84. The van der Waals surface area contributed by atoms with E-state index in [1.165, 1.54) is 71.0 Å². The van der Waals surface area contributed by atoms with Crippen molar-refractivity contribution in [1.82, 2.24) is 10.2 Å². The average molecular weight is 266 g/mol. The van der Waals surface area contributed by atoms with Gasteiger partial charge in [-0.3, -0.25) is 4.90 Å². The number of hydrogen-bond donors (Lipinski definition) is 1. The second-order valence-electron chi connectivity index (χ2n) is 7.24. The van der Waals surface area contributed by atoms with Gasteiger partial charge in [0.1, 0.15) is 0 Å². The first-order valence-corrected chi connectivity index (χ1v) is 8.63. The summed E-state index contributed by atoms with van der Waals surface area (Å²) in [5.41, 5.74) is 0.328. The highest BCUT2D eigenvalue weighted by Gasteiger charge is 2.37. The summed E-state index contributed by atoms with van der Waals surface area (Å²) in [4.78, 5) is 2.73. The Balaban J connectivity index is 1.97. The van der Waals surface area contributed by atoms with Crippen LogP contribution >= 0.6 is 0 Å². The molecule has 1 atom stereocenters. The number of hydrogen-bond acceptors (Lipinski definition) is 2. The zero-order chi connectivity index (χ0) is 13.7. The Bertz CT molecular complexity index is 250. The average Bonchev–Trinajstić information content (AvgIpc) is 3.06. The molecule has 0 spiro atoms. The van der Waals surface area contributed by atoms with Gasteiger partial charge in [0.15, 0.2) is 0 Å². The second-order valence-corrected chi connectivity index (χ2v) is 7.24. The van der Waals surface area contributed by atoms with Crippen molar-refractivity contribution in [2.24, 2.45) is 5.92 Å². The maximum absolute atomic E-state index is 3.87. The van der Waals surface area contributed by atoms with E-state index in [2.05, 4.69) is 31.0 Å². The van der Waals surface area contributed by atoms with Crippen molar-refractivity contribution in [3.63, 3.8) is 0 Å². The maximum atomic E-state index is 3.87. The molecule has 1 aliphatic heterocycles. The summed E-state index contributed by atoms with van der Waals surface area (Å²) in [5, 5.41) is 3.87. The highest BCUT2D eigenvalue weighted by molar-refractivity contribution is 4.96. The first-order valence-electron chi connectivity index (χ1n) is 8.63. The van der Waals surface area contributed by atoms with E-state index >= 15 is 0 Å². The van der Waals surface area contributed by atoms with Crippen molar-refractivity contribution < 1.29 is 0 Å². The van der Waals surface area contributed by atoms with E-state index in [4.69, 9.17) is 0 Å². The van der Waals surface area contributed by atoms with Gasteiger partial charge in [-0.25, -0.2) is 0 Å². The summed E-state index contributed by atoms with van der Waals surface area (Å²) in [6, 6.07) is 0.675. The van der Waals surface area contributed by atoms with Crippen LogP contribution in [0, 0.1) is 5.92 Å². The molecule has 0 aromatic carbocycles. The first kappa shape index (κ1) is 15.3. The van der Waals surface area contributed by atoms with E-state index in [1.54, 1.807) is 0 Å². The van der Waals surface area contributed by atoms with Gasteiger partial charge in [0, 0.05) is 11.6 Å². The molecule has 0 amide bonds. The number of rotatable bonds is 7. The molecule has 0 aromatic rings. The van der Waals surface area contributed by atoms with Crippen LogP contribution < -0.4 is 5.32 Å². The van der Waals surface area contributed by atoms with Crippen LogP contribution in [0.3, 0.4) is 0 Å². The zero-order valence-corrected chi connectivity index (χ0v) is 13.4. The van der Waals surface area contributed by atoms with E-state index in [0.717, 1.165) is 5.92 Å². The minimum absolute atomic E-state index is 0.328. The number of nitrogens with one attached hydrogen (secondary N) is 1. The van der Waals surface area contributed by atoms with Crippen LogP contribution in [0.4, 0.5) is 0 Å². The molecule has 19 heavy (non-hydrogen) atoms. The number of nitrogens with zero attached hydrogens (tertiary/aromatic N) is 1. The van der Waals surface area contributed by atoms with Gasteiger partial charge in [-0.2, -0.15) is 0 Å². The monoisotopic (exact) mass is 266 g/mol. The normalized spacial score (nSPS) is 24.2. The van der Waals surface area contributed by atoms with Crippen molar-refractivity contribution in [1.29, 1.82) is 0 Å². The van der Waals surface area contributed by atoms with Crippen molar-refractivity contribution in [2.75, 3.05) is 19.6 Å². The molecule has 2 aliphatic rings. The SMILES string of the molecule is CCCNC(CC1CCCC1)C(C)(C)N1CCCC1. The van der Waals surface area contributed by atoms with Crippen molar-refractivity contribution >= 4 is 0 Å². The first-order chi connectivity index (χ1) is 9.14. The fourth-order valence-electron chi connectivity index (χ4n) is 4.03. The van der Waals surface area contributed by atoms with Crippen LogP contribution in [0.15, 0.2) is 0 Å². The predicted octanol–water partition coefficient (Wildman–Crippen LogP) is 3.81. The minimum atomic E-state index is 0.328.